The quantitative estimate of drug-likeness (QED) is 0.377. The number of thiophene rings is 1. The van der Waals surface area contributed by atoms with Crippen LogP contribution in [0.15, 0.2) is 47.2 Å². The molecule has 3 aromatic heterocycles. The molecule has 3 rings (SSSR count). The molecular formula is C20H18F5N5O4S. The monoisotopic (exact) mass is 519 g/mol. The van der Waals surface area contributed by atoms with E-state index < -0.39 is 23.9 Å². The molecule has 0 fully saturated rings. The zero-order valence-corrected chi connectivity index (χ0v) is 19.0. The summed E-state index contributed by atoms with van der Waals surface area (Å²) in [5.74, 6) is -2.41. The predicted molar refractivity (Wildman–Crippen MR) is 116 cm³/mol. The van der Waals surface area contributed by atoms with Crippen LogP contribution in [0.4, 0.5) is 22.0 Å². The maximum Gasteiger partial charge on any atom is 0.490 e. The third-order valence-electron chi connectivity index (χ3n) is 4.35. The van der Waals surface area contributed by atoms with Crippen LogP contribution in [0.5, 0.6) is 0 Å². The maximum absolute atomic E-state index is 12.8. The molecule has 0 aliphatic heterocycles. The highest BCUT2D eigenvalue weighted by Gasteiger charge is 2.38. The molecule has 0 aromatic carbocycles. The fraction of sp³-hybridized carbons (Fsp3) is 0.250. The number of hydrogen-bond acceptors (Lipinski definition) is 7. The number of rotatable bonds is 6. The van der Waals surface area contributed by atoms with Gasteiger partial charge < -0.3 is 10.8 Å². The van der Waals surface area contributed by atoms with Gasteiger partial charge in [-0.2, -0.15) is 27.1 Å². The molecule has 3 heterocycles. The molecule has 35 heavy (non-hydrogen) atoms. The molecule has 0 aliphatic rings. The summed E-state index contributed by atoms with van der Waals surface area (Å²) in [5, 5.41) is 11.0. The Kier molecular flexibility index (Phi) is 8.76. The number of carbonyl (C=O) groups excluding carboxylic acids is 1. The van der Waals surface area contributed by atoms with E-state index in [2.05, 4.69) is 10.1 Å². The molecule has 0 saturated heterocycles. The number of halogens is 5. The molecule has 0 radical (unpaired) electrons. The highest BCUT2D eigenvalue weighted by Crippen LogP contribution is 2.29. The number of carboxylic acids is 1. The van der Waals surface area contributed by atoms with E-state index in [1.807, 2.05) is 12.1 Å². The number of hydrogen-bond donors (Lipinski definition) is 2. The van der Waals surface area contributed by atoms with Gasteiger partial charge in [-0.1, -0.05) is 0 Å². The second kappa shape index (κ2) is 11.1. The molecule has 15 heteroatoms. The molecule has 9 nitrogen and oxygen atoms in total. The van der Waals surface area contributed by atoms with Crippen LogP contribution in [0.1, 0.15) is 22.2 Å². The van der Waals surface area contributed by atoms with Crippen molar-refractivity contribution in [2.75, 3.05) is 6.54 Å². The first kappa shape index (κ1) is 27.5. The average Bonchev–Trinajstić information content (AvgIpc) is 3.39. The summed E-state index contributed by atoms with van der Waals surface area (Å²) in [7, 11) is 0. The van der Waals surface area contributed by atoms with Gasteiger partial charge in [-0.05, 0) is 37.6 Å². The van der Waals surface area contributed by atoms with Crippen molar-refractivity contribution < 1.29 is 36.6 Å². The Balaban J connectivity index is 0.000000540. The number of Topliss-reactive ketones (excluding diaryl/α,β-unsaturated/α-hetero) is 1. The molecule has 0 spiro atoms. The number of carbonyl (C=O) groups is 2. The largest absolute Gasteiger partial charge is 0.490 e. The normalized spacial score (nSPS) is 11.0. The lowest BCUT2D eigenvalue weighted by Gasteiger charge is -2.06. The van der Waals surface area contributed by atoms with Gasteiger partial charge in [0, 0.05) is 28.8 Å². The third-order valence-corrected chi connectivity index (χ3v) is 5.58. The van der Waals surface area contributed by atoms with Crippen molar-refractivity contribution in [3.63, 3.8) is 0 Å². The second-order valence-electron chi connectivity index (χ2n) is 6.90. The Labute approximate surface area is 197 Å². The van der Waals surface area contributed by atoms with Crippen LogP contribution in [0, 0.1) is 6.92 Å². The summed E-state index contributed by atoms with van der Waals surface area (Å²) in [6.07, 6.45) is -4.17. The smallest absolute Gasteiger partial charge is 0.475 e. The fourth-order valence-electron chi connectivity index (χ4n) is 2.61. The molecule has 0 amide bonds. The third kappa shape index (κ3) is 6.89. The minimum Gasteiger partial charge on any atom is -0.475 e. The van der Waals surface area contributed by atoms with Crippen LogP contribution >= 0.6 is 11.3 Å². The Hall–Kier alpha value is -3.72. The molecule has 0 unspecified atom stereocenters. The van der Waals surface area contributed by atoms with Gasteiger partial charge in [-0.25, -0.2) is 23.8 Å². The molecule has 0 bridgehead atoms. The number of aryl methyl sites for hydroxylation is 1. The van der Waals surface area contributed by atoms with Crippen LogP contribution in [0.2, 0.25) is 0 Å². The number of nitrogens with two attached hydrogens (primary N) is 1. The summed E-state index contributed by atoms with van der Waals surface area (Å²) in [4.78, 5) is 38.7. The van der Waals surface area contributed by atoms with E-state index >= 15 is 0 Å². The predicted octanol–water partition coefficient (Wildman–Crippen LogP) is 3.41. The average molecular weight is 519 g/mol. The van der Waals surface area contributed by atoms with Gasteiger partial charge in [0.2, 0.25) is 0 Å². The molecule has 3 aromatic rings. The molecule has 3 N–H and O–H groups in total. The van der Waals surface area contributed by atoms with Crippen molar-refractivity contribution in [2.45, 2.75) is 26.6 Å². The molecule has 0 saturated carbocycles. The highest BCUT2D eigenvalue weighted by molar-refractivity contribution is 7.17. The van der Waals surface area contributed by atoms with E-state index in [-0.39, 0.29) is 24.4 Å². The lowest BCUT2D eigenvalue weighted by atomic mass is 10.2. The summed E-state index contributed by atoms with van der Waals surface area (Å²) in [5.41, 5.74) is 5.85. The highest BCUT2D eigenvalue weighted by atomic mass is 32.1. The first-order valence-electron chi connectivity index (χ1n) is 9.52. The number of aliphatic carboxylic acids is 1. The lowest BCUT2D eigenvalue weighted by Crippen LogP contribution is -2.27. The van der Waals surface area contributed by atoms with E-state index in [1.54, 1.807) is 19.2 Å². The van der Waals surface area contributed by atoms with Crippen LogP contribution < -0.4 is 11.4 Å². The number of nitrogens with zero attached hydrogens (tertiary/aromatic N) is 4. The number of carboxylic acid groups (broad SMARTS) is 1. The Morgan fingerprint density at radius 2 is 1.86 bits per heavy atom. The van der Waals surface area contributed by atoms with Crippen molar-refractivity contribution in [2.24, 2.45) is 5.73 Å². The second-order valence-corrected chi connectivity index (χ2v) is 7.98. The van der Waals surface area contributed by atoms with Gasteiger partial charge in [-0.3, -0.25) is 4.79 Å². The van der Waals surface area contributed by atoms with E-state index in [1.165, 1.54) is 29.2 Å². The standard InChI is InChI=1S/C18H17F2N5O2S.C2HF3O2/c1-10-5-12(15-4-3-14(28-15)11(2)26)7-22-17(10)24-9-23-25(18(24)27)8-13(6-21)16(19)20;3-2(4,5)1(6)7/h3-5,7,9H,6,8,21H2,1-2H3;(H,6,7). The van der Waals surface area contributed by atoms with Crippen molar-refractivity contribution in [3.8, 4) is 16.3 Å². The minimum atomic E-state index is -5.08. The van der Waals surface area contributed by atoms with Crippen LogP contribution in [0.3, 0.4) is 0 Å². The van der Waals surface area contributed by atoms with E-state index in [4.69, 9.17) is 15.6 Å². The Bertz CT molecular complexity index is 1320. The lowest BCUT2D eigenvalue weighted by molar-refractivity contribution is -0.192. The number of pyridine rings is 1. The topological polar surface area (TPSA) is 133 Å². The van der Waals surface area contributed by atoms with Gasteiger partial charge in [0.1, 0.15) is 12.1 Å². The molecule has 188 valence electrons. The van der Waals surface area contributed by atoms with Gasteiger partial charge >= 0.3 is 17.8 Å². The van der Waals surface area contributed by atoms with Gasteiger partial charge in [0.25, 0.3) is 6.08 Å². The van der Waals surface area contributed by atoms with Crippen LogP contribution in [-0.2, 0) is 11.3 Å². The van der Waals surface area contributed by atoms with Crippen LogP contribution in [-0.4, -0.2) is 48.9 Å². The zero-order valence-electron chi connectivity index (χ0n) is 18.1. The summed E-state index contributed by atoms with van der Waals surface area (Å²) < 4.78 is 59.4. The van der Waals surface area contributed by atoms with Gasteiger partial charge in [0.05, 0.1) is 11.4 Å². The van der Waals surface area contributed by atoms with Gasteiger partial charge in [0.15, 0.2) is 5.78 Å². The summed E-state index contributed by atoms with van der Waals surface area (Å²) in [6.45, 7) is 2.54. The minimum absolute atomic E-state index is 0.00729. The fourth-order valence-corrected chi connectivity index (χ4v) is 3.49. The van der Waals surface area contributed by atoms with Crippen LogP contribution in [0.25, 0.3) is 16.3 Å². The zero-order chi connectivity index (χ0) is 26.5. The Morgan fingerprint density at radius 1 is 1.23 bits per heavy atom. The summed E-state index contributed by atoms with van der Waals surface area (Å²) in [6, 6.07) is 5.44. The SMILES string of the molecule is CC(=O)c1ccc(-c2cnc(-n3cnn(CC(CN)=C(F)F)c3=O)c(C)c2)s1.O=C(O)C(F)(F)F. The Morgan fingerprint density at radius 3 is 2.31 bits per heavy atom. The number of aromatic nitrogens is 4. The first-order chi connectivity index (χ1) is 16.3. The van der Waals surface area contributed by atoms with Crippen molar-refractivity contribution in [3.05, 3.63) is 63.3 Å². The number of ketones is 1. The van der Waals surface area contributed by atoms with E-state index in [0.29, 0.717) is 16.3 Å². The molecule has 0 atom stereocenters. The van der Waals surface area contributed by atoms with Gasteiger partial charge in [-0.15, -0.1) is 11.3 Å². The molecular weight excluding hydrogens is 501 g/mol. The van der Waals surface area contributed by atoms with E-state index in [0.717, 1.165) is 15.1 Å². The van der Waals surface area contributed by atoms with Crippen molar-refractivity contribution in [1.29, 1.82) is 0 Å². The first-order valence-corrected chi connectivity index (χ1v) is 10.3. The van der Waals surface area contributed by atoms with Crippen molar-refractivity contribution >= 4 is 23.1 Å². The summed E-state index contributed by atoms with van der Waals surface area (Å²) >= 11 is 1.36. The maximum atomic E-state index is 12.8. The molecule has 0 aliphatic carbocycles. The number of alkyl halides is 3. The van der Waals surface area contributed by atoms with Crippen molar-refractivity contribution in [1.82, 2.24) is 19.3 Å². The van der Waals surface area contributed by atoms with E-state index in [9.17, 15) is 31.5 Å².